The van der Waals surface area contributed by atoms with E-state index in [1.807, 2.05) is 71.6 Å². The largest absolute Gasteiger partial charge is 0.352 e. The first kappa shape index (κ1) is 23.3. The molecule has 4 atom stereocenters. The van der Waals surface area contributed by atoms with Crippen LogP contribution >= 0.6 is 0 Å². The minimum absolute atomic E-state index is 0.250. The van der Waals surface area contributed by atoms with Crippen molar-refractivity contribution >= 4 is 34.9 Å². The third-order valence-corrected chi connectivity index (χ3v) is 8.28. The van der Waals surface area contributed by atoms with Crippen molar-refractivity contribution in [2.75, 3.05) is 10.2 Å². The molecule has 3 aliphatic heterocycles. The predicted molar refractivity (Wildman–Crippen MR) is 147 cm³/mol. The molecule has 4 aromatic rings. The summed E-state index contributed by atoms with van der Waals surface area (Å²) in [5.74, 6) is -2.51. The quantitative estimate of drug-likeness (QED) is 0.356. The molecule has 3 aliphatic rings. The van der Waals surface area contributed by atoms with Gasteiger partial charge in [0.2, 0.25) is 5.91 Å². The maximum atomic E-state index is 14.6. The van der Waals surface area contributed by atoms with E-state index < -0.39 is 29.2 Å². The molecule has 1 spiro atoms. The molecule has 1 amide bonds. The van der Waals surface area contributed by atoms with E-state index in [-0.39, 0.29) is 23.0 Å². The lowest BCUT2D eigenvalue weighted by atomic mass is 9.64. The molecule has 39 heavy (non-hydrogen) atoms. The summed E-state index contributed by atoms with van der Waals surface area (Å²) in [5.41, 5.74) is 2.30. The summed E-state index contributed by atoms with van der Waals surface area (Å²) in [6.07, 6.45) is 3.90. The number of para-hydroxylation sites is 2. The van der Waals surface area contributed by atoms with Gasteiger partial charge in [-0.2, -0.15) is 0 Å². The number of hydrogen-bond donors (Lipinski definition) is 1. The number of benzene rings is 4. The van der Waals surface area contributed by atoms with Gasteiger partial charge < -0.3 is 10.2 Å². The molecule has 0 radical (unpaired) electrons. The Labute approximate surface area is 224 Å². The fraction of sp³-hybridized carbons (Fsp3) is 0.121. The highest BCUT2D eigenvalue weighted by Gasteiger charge is 2.70. The highest BCUT2D eigenvalue weighted by Crippen LogP contribution is 2.58. The summed E-state index contributed by atoms with van der Waals surface area (Å²) in [4.78, 5) is 45.2. The minimum Gasteiger partial charge on any atom is -0.352 e. The van der Waals surface area contributed by atoms with Crippen LogP contribution in [0.4, 0.5) is 15.8 Å². The van der Waals surface area contributed by atoms with E-state index in [4.69, 9.17) is 0 Å². The number of halogens is 1. The molecule has 0 bridgehead atoms. The first-order valence-corrected chi connectivity index (χ1v) is 12.9. The maximum Gasteiger partial charge on any atom is 0.238 e. The number of carbonyl (C=O) groups excluding carboxylic acids is 3. The van der Waals surface area contributed by atoms with Crippen molar-refractivity contribution < 1.29 is 18.8 Å². The molecule has 7 rings (SSSR count). The molecule has 0 saturated carbocycles. The summed E-state index contributed by atoms with van der Waals surface area (Å²) in [6, 6.07) is 27.6. The van der Waals surface area contributed by atoms with Gasteiger partial charge >= 0.3 is 0 Å². The third kappa shape index (κ3) is 3.21. The van der Waals surface area contributed by atoms with Crippen LogP contribution in [0, 0.1) is 11.7 Å². The SMILES string of the molecule is O=C(c1ccccc1)[C@H]1[C@H](C(=O)c2ccc(F)cc2)[C@]2(C(=O)Nc3ccccc32)[C@H]2C=Cc3ccccc3N12. The second-order valence-electron chi connectivity index (χ2n) is 10.2. The second kappa shape index (κ2) is 8.60. The molecule has 190 valence electrons. The van der Waals surface area contributed by atoms with Gasteiger partial charge in [-0.3, -0.25) is 14.4 Å². The molecule has 1 fully saturated rings. The number of ketones is 2. The van der Waals surface area contributed by atoms with Gasteiger partial charge in [0, 0.05) is 22.5 Å². The van der Waals surface area contributed by atoms with Crippen LogP contribution in [0.25, 0.3) is 6.08 Å². The number of rotatable bonds is 4. The average molecular weight is 515 g/mol. The van der Waals surface area contributed by atoms with E-state index in [0.717, 1.165) is 11.3 Å². The lowest BCUT2D eigenvalue weighted by Gasteiger charge is -2.37. The van der Waals surface area contributed by atoms with Crippen LogP contribution < -0.4 is 10.2 Å². The molecule has 3 heterocycles. The van der Waals surface area contributed by atoms with Crippen LogP contribution in [0.15, 0.2) is 109 Å². The first-order valence-electron chi connectivity index (χ1n) is 12.9. The van der Waals surface area contributed by atoms with Crippen LogP contribution in [0.3, 0.4) is 0 Å². The van der Waals surface area contributed by atoms with Gasteiger partial charge in [0.1, 0.15) is 17.3 Å². The Balaban J connectivity index is 1.54. The highest BCUT2D eigenvalue weighted by atomic mass is 19.1. The zero-order valence-electron chi connectivity index (χ0n) is 20.8. The normalized spacial score (nSPS) is 24.2. The van der Waals surface area contributed by atoms with Crippen LogP contribution in [0.5, 0.6) is 0 Å². The van der Waals surface area contributed by atoms with Gasteiger partial charge in [-0.25, -0.2) is 4.39 Å². The Hall–Kier alpha value is -4.84. The number of nitrogens with zero attached hydrogens (tertiary/aromatic N) is 1. The number of fused-ring (bicyclic) bond motifs is 6. The Bertz CT molecular complexity index is 1680. The lowest BCUT2D eigenvalue weighted by molar-refractivity contribution is -0.121. The van der Waals surface area contributed by atoms with E-state index in [0.29, 0.717) is 16.8 Å². The second-order valence-corrected chi connectivity index (χ2v) is 10.2. The monoisotopic (exact) mass is 514 g/mol. The van der Waals surface area contributed by atoms with Crippen molar-refractivity contribution in [3.63, 3.8) is 0 Å². The minimum atomic E-state index is -1.39. The Morgan fingerprint density at radius 2 is 1.44 bits per heavy atom. The molecule has 5 nitrogen and oxygen atoms in total. The zero-order chi connectivity index (χ0) is 26.7. The van der Waals surface area contributed by atoms with Crippen LogP contribution in [-0.2, 0) is 10.2 Å². The van der Waals surface area contributed by atoms with Crippen molar-refractivity contribution in [3.8, 4) is 0 Å². The molecule has 0 unspecified atom stereocenters. The Morgan fingerprint density at radius 3 is 2.23 bits per heavy atom. The fourth-order valence-corrected chi connectivity index (χ4v) is 6.69. The molecule has 1 N–H and O–H groups in total. The van der Waals surface area contributed by atoms with Gasteiger partial charge in [-0.05, 0) is 47.5 Å². The van der Waals surface area contributed by atoms with Crippen molar-refractivity contribution in [2.45, 2.75) is 17.5 Å². The molecule has 6 heteroatoms. The molecule has 1 saturated heterocycles. The zero-order valence-corrected chi connectivity index (χ0v) is 20.8. The van der Waals surface area contributed by atoms with Gasteiger partial charge in [0.15, 0.2) is 11.6 Å². The van der Waals surface area contributed by atoms with Crippen molar-refractivity contribution in [1.82, 2.24) is 0 Å². The number of nitrogens with one attached hydrogen (secondary N) is 1. The molecule has 0 aromatic heterocycles. The standard InChI is InChI=1S/C33H23FN2O3/c34-23-17-14-22(15-18-23)30(37)28-29(31(38)21-9-2-1-3-10-21)36-26-13-7-4-8-20(26)16-19-27(36)33(28)24-11-5-6-12-25(24)35-32(33)39/h1-19,27-29H,(H,35,39)/t27-,28-,29-,33-/m1/s1. The van der Waals surface area contributed by atoms with E-state index >= 15 is 0 Å². The van der Waals surface area contributed by atoms with Crippen LogP contribution in [0.1, 0.15) is 31.8 Å². The van der Waals surface area contributed by atoms with Gasteiger partial charge in [0.05, 0.1) is 12.0 Å². The fourth-order valence-electron chi connectivity index (χ4n) is 6.69. The molecular formula is C33H23FN2O3. The Kier molecular flexibility index (Phi) is 5.13. The lowest BCUT2D eigenvalue weighted by Crippen LogP contribution is -2.51. The molecular weight excluding hydrogens is 491 g/mol. The number of hydrogen-bond acceptors (Lipinski definition) is 4. The Morgan fingerprint density at radius 1 is 0.769 bits per heavy atom. The number of anilines is 2. The predicted octanol–water partition coefficient (Wildman–Crippen LogP) is 5.68. The summed E-state index contributed by atoms with van der Waals surface area (Å²) < 4.78 is 13.9. The maximum absolute atomic E-state index is 14.6. The number of Topliss-reactive ketones (excluding diaryl/α,β-unsaturated/α-hetero) is 2. The highest BCUT2D eigenvalue weighted by molar-refractivity contribution is 6.18. The summed E-state index contributed by atoms with van der Waals surface area (Å²) in [5, 5.41) is 3.01. The smallest absolute Gasteiger partial charge is 0.238 e. The topological polar surface area (TPSA) is 66.5 Å². The number of carbonyl (C=O) groups is 3. The van der Waals surface area contributed by atoms with E-state index in [1.54, 1.807) is 24.3 Å². The van der Waals surface area contributed by atoms with Crippen molar-refractivity contribution in [2.24, 2.45) is 5.92 Å². The van der Waals surface area contributed by atoms with E-state index in [1.165, 1.54) is 24.3 Å². The van der Waals surface area contributed by atoms with Crippen LogP contribution in [-0.4, -0.2) is 29.6 Å². The first-order chi connectivity index (χ1) is 19.0. The summed E-state index contributed by atoms with van der Waals surface area (Å²) >= 11 is 0. The average Bonchev–Trinajstić information content (AvgIpc) is 3.45. The van der Waals surface area contributed by atoms with Crippen molar-refractivity contribution in [1.29, 1.82) is 0 Å². The van der Waals surface area contributed by atoms with Gasteiger partial charge in [-0.1, -0.05) is 78.9 Å². The number of amides is 1. The molecule has 0 aliphatic carbocycles. The summed E-state index contributed by atoms with van der Waals surface area (Å²) in [7, 11) is 0. The van der Waals surface area contributed by atoms with Gasteiger partial charge in [0.25, 0.3) is 0 Å². The molecule has 4 aromatic carbocycles. The van der Waals surface area contributed by atoms with E-state index in [2.05, 4.69) is 5.32 Å². The van der Waals surface area contributed by atoms with Crippen LogP contribution in [0.2, 0.25) is 0 Å². The summed E-state index contributed by atoms with van der Waals surface area (Å²) in [6.45, 7) is 0. The van der Waals surface area contributed by atoms with E-state index in [9.17, 15) is 18.8 Å². The van der Waals surface area contributed by atoms with Gasteiger partial charge in [-0.15, -0.1) is 0 Å². The van der Waals surface area contributed by atoms with Crippen molar-refractivity contribution in [3.05, 3.63) is 137 Å². The third-order valence-electron chi connectivity index (χ3n) is 8.28.